The Morgan fingerprint density at radius 1 is 1.46 bits per heavy atom. The van der Waals surface area contributed by atoms with Crippen LogP contribution in [0.3, 0.4) is 0 Å². The van der Waals surface area contributed by atoms with Crippen LogP contribution in [0.1, 0.15) is 19.3 Å². The monoisotopic (exact) mass is 182 g/mol. The van der Waals surface area contributed by atoms with Crippen LogP contribution in [0.2, 0.25) is 0 Å². The zero-order valence-corrected chi connectivity index (χ0v) is 7.62. The van der Waals surface area contributed by atoms with E-state index in [1.54, 1.807) is 0 Å². The van der Waals surface area contributed by atoms with E-state index < -0.39 is 0 Å². The second-order valence-corrected chi connectivity index (χ2v) is 3.27. The molecular weight excluding hydrogens is 168 g/mol. The molecule has 0 unspecified atom stereocenters. The molecular formula is C10H14O3. The van der Waals surface area contributed by atoms with Crippen molar-refractivity contribution in [2.45, 2.75) is 25.0 Å². The minimum Gasteiger partial charge on any atom is -0.470 e. The van der Waals surface area contributed by atoms with Gasteiger partial charge in [0.25, 0.3) is 0 Å². The van der Waals surface area contributed by atoms with E-state index in [-0.39, 0.29) is 5.79 Å². The predicted octanol–water partition coefficient (Wildman–Crippen LogP) is 1.96. The van der Waals surface area contributed by atoms with Crippen molar-refractivity contribution < 1.29 is 14.2 Å². The fourth-order valence-electron chi connectivity index (χ4n) is 1.76. The predicted molar refractivity (Wildman–Crippen MR) is 47.9 cm³/mol. The molecule has 3 nitrogen and oxygen atoms in total. The molecule has 0 amide bonds. The molecule has 0 N–H and O–H groups in total. The number of rotatable bonds is 2. The number of ether oxygens (including phenoxy) is 3. The van der Waals surface area contributed by atoms with Gasteiger partial charge >= 0.3 is 0 Å². The van der Waals surface area contributed by atoms with Crippen molar-refractivity contribution in [3.05, 3.63) is 24.7 Å². The molecule has 1 aliphatic carbocycles. The summed E-state index contributed by atoms with van der Waals surface area (Å²) in [5.41, 5.74) is 0. The van der Waals surface area contributed by atoms with Gasteiger partial charge < -0.3 is 14.2 Å². The van der Waals surface area contributed by atoms with Crippen LogP contribution in [0.5, 0.6) is 0 Å². The first kappa shape index (κ1) is 8.78. The van der Waals surface area contributed by atoms with Gasteiger partial charge in [-0.3, -0.25) is 0 Å². The molecule has 0 aromatic carbocycles. The Kier molecular flexibility index (Phi) is 2.38. The van der Waals surface area contributed by atoms with Crippen LogP contribution in [0.15, 0.2) is 24.7 Å². The summed E-state index contributed by atoms with van der Waals surface area (Å²) in [7, 11) is 0. The topological polar surface area (TPSA) is 27.7 Å². The van der Waals surface area contributed by atoms with Gasteiger partial charge in [0.2, 0.25) is 0 Å². The van der Waals surface area contributed by atoms with Crippen LogP contribution in [0, 0.1) is 0 Å². The SMILES string of the molecule is C=COC1=CCC2(CC1)OCCO2. The summed E-state index contributed by atoms with van der Waals surface area (Å²) in [4.78, 5) is 0. The summed E-state index contributed by atoms with van der Waals surface area (Å²) >= 11 is 0. The van der Waals surface area contributed by atoms with Gasteiger partial charge in [0.05, 0.1) is 25.2 Å². The molecule has 1 saturated heterocycles. The molecule has 1 fully saturated rings. The Bertz CT molecular complexity index is 226. The summed E-state index contributed by atoms with van der Waals surface area (Å²) in [5, 5.41) is 0. The lowest BCUT2D eigenvalue weighted by Crippen LogP contribution is -2.31. The molecule has 0 atom stereocenters. The summed E-state index contributed by atoms with van der Waals surface area (Å²) in [6.45, 7) is 4.95. The molecule has 0 aromatic heterocycles. The van der Waals surface area contributed by atoms with E-state index in [0.29, 0.717) is 13.2 Å². The first-order valence-corrected chi connectivity index (χ1v) is 4.59. The molecule has 0 bridgehead atoms. The molecule has 0 aromatic rings. The van der Waals surface area contributed by atoms with Crippen molar-refractivity contribution in [2.75, 3.05) is 13.2 Å². The van der Waals surface area contributed by atoms with Crippen LogP contribution in [0.4, 0.5) is 0 Å². The van der Waals surface area contributed by atoms with E-state index in [1.165, 1.54) is 6.26 Å². The van der Waals surface area contributed by atoms with Crippen LogP contribution in [-0.2, 0) is 14.2 Å². The molecule has 0 saturated carbocycles. The normalized spacial score (nSPS) is 25.7. The standard InChI is InChI=1S/C10H14O3/c1-2-11-9-3-5-10(6-4-9)12-7-8-13-10/h2-3H,1,4-8H2. The molecule has 1 spiro atoms. The van der Waals surface area contributed by atoms with Gasteiger partial charge in [0, 0.05) is 19.3 Å². The lowest BCUT2D eigenvalue weighted by molar-refractivity contribution is -0.163. The second-order valence-electron chi connectivity index (χ2n) is 3.27. The highest BCUT2D eigenvalue weighted by molar-refractivity contribution is 5.04. The summed E-state index contributed by atoms with van der Waals surface area (Å²) in [6, 6.07) is 0. The minimum absolute atomic E-state index is 0.339. The van der Waals surface area contributed by atoms with Crippen LogP contribution < -0.4 is 0 Å². The zero-order valence-electron chi connectivity index (χ0n) is 7.62. The van der Waals surface area contributed by atoms with Gasteiger partial charge in [0.1, 0.15) is 0 Å². The molecule has 2 aliphatic rings. The van der Waals surface area contributed by atoms with Crippen molar-refractivity contribution in [3.63, 3.8) is 0 Å². The Labute approximate surface area is 78.0 Å². The van der Waals surface area contributed by atoms with Gasteiger partial charge in [-0.2, -0.15) is 0 Å². The summed E-state index contributed by atoms with van der Waals surface area (Å²) < 4.78 is 16.3. The number of hydrogen-bond donors (Lipinski definition) is 0. The number of allylic oxidation sites excluding steroid dienone is 1. The average molecular weight is 182 g/mol. The fourth-order valence-corrected chi connectivity index (χ4v) is 1.76. The highest BCUT2D eigenvalue weighted by Gasteiger charge is 2.37. The van der Waals surface area contributed by atoms with Crippen LogP contribution in [-0.4, -0.2) is 19.0 Å². The smallest absolute Gasteiger partial charge is 0.172 e. The third-order valence-electron chi connectivity index (χ3n) is 2.44. The molecule has 1 aliphatic heterocycles. The number of hydrogen-bond acceptors (Lipinski definition) is 3. The van der Waals surface area contributed by atoms with Gasteiger partial charge in [-0.25, -0.2) is 0 Å². The molecule has 3 heteroatoms. The Hall–Kier alpha value is -0.800. The zero-order chi connectivity index (χ0) is 9.15. The van der Waals surface area contributed by atoms with E-state index in [1.807, 2.05) is 6.08 Å². The first-order chi connectivity index (χ1) is 6.35. The summed E-state index contributed by atoms with van der Waals surface area (Å²) in [5.74, 6) is 0.633. The highest BCUT2D eigenvalue weighted by atomic mass is 16.7. The lowest BCUT2D eigenvalue weighted by atomic mass is 9.99. The van der Waals surface area contributed by atoms with E-state index in [4.69, 9.17) is 14.2 Å². The highest BCUT2D eigenvalue weighted by Crippen LogP contribution is 2.35. The van der Waals surface area contributed by atoms with Crippen molar-refractivity contribution in [2.24, 2.45) is 0 Å². The van der Waals surface area contributed by atoms with Crippen molar-refractivity contribution >= 4 is 0 Å². The van der Waals surface area contributed by atoms with E-state index in [9.17, 15) is 0 Å². The van der Waals surface area contributed by atoms with Crippen LogP contribution in [0.25, 0.3) is 0 Å². The van der Waals surface area contributed by atoms with E-state index in [2.05, 4.69) is 6.58 Å². The van der Waals surface area contributed by atoms with Gasteiger partial charge in [-0.1, -0.05) is 6.58 Å². The van der Waals surface area contributed by atoms with Crippen LogP contribution >= 0.6 is 0 Å². The molecule has 72 valence electrons. The lowest BCUT2D eigenvalue weighted by Gasteiger charge is -2.29. The van der Waals surface area contributed by atoms with Crippen molar-refractivity contribution in [3.8, 4) is 0 Å². The van der Waals surface area contributed by atoms with Gasteiger partial charge in [-0.15, -0.1) is 0 Å². The Balaban J connectivity index is 1.97. The van der Waals surface area contributed by atoms with E-state index in [0.717, 1.165) is 25.0 Å². The molecule has 0 radical (unpaired) electrons. The Morgan fingerprint density at radius 3 is 2.77 bits per heavy atom. The molecule has 1 heterocycles. The largest absolute Gasteiger partial charge is 0.470 e. The van der Waals surface area contributed by atoms with E-state index >= 15 is 0 Å². The van der Waals surface area contributed by atoms with Crippen molar-refractivity contribution in [1.29, 1.82) is 0 Å². The maximum Gasteiger partial charge on any atom is 0.172 e. The summed E-state index contributed by atoms with van der Waals surface area (Å²) in [6.07, 6.45) is 6.02. The Morgan fingerprint density at radius 2 is 2.23 bits per heavy atom. The minimum atomic E-state index is -0.339. The third kappa shape index (κ3) is 1.76. The average Bonchev–Trinajstić information content (AvgIpc) is 2.59. The molecule has 13 heavy (non-hydrogen) atoms. The quantitative estimate of drug-likeness (QED) is 0.611. The fraction of sp³-hybridized carbons (Fsp3) is 0.600. The van der Waals surface area contributed by atoms with Gasteiger partial charge in [0.15, 0.2) is 5.79 Å². The maximum absolute atomic E-state index is 5.56. The third-order valence-corrected chi connectivity index (χ3v) is 2.44. The first-order valence-electron chi connectivity index (χ1n) is 4.59. The second kappa shape index (κ2) is 3.52. The molecule has 2 rings (SSSR count). The van der Waals surface area contributed by atoms with Gasteiger partial charge in [-0.05, 0) is 6.08 Å². The van der Waals surface area contributed by atoms with Crippen molar-refractivity contribution in [1.82, 2.24) is 0 Å². The maximum atomic E-state index is 5.56.